The van der Waals surface area contributed by atoms with Gasteiger partial charge in [-0.05, 0) is 30.2 Å². The van der Waals surface area contributed by atoms with Crippen molar-refractivity contribution in [2.24, 2.45) is 5.16 Å². The molecule has 2 aliphatic rings. The molecule has 1 unspecified atom stereocenters. The molecule has 8 heteroatoms. The van der Waals surface area contributed by atoms with Gasteiger partial charge in [-0.1, -0.05) is 71.4 Å². The second-order valence-corrected chi connectivity index (χ2v) is 10.9. The summed E-state index contributed by atoms with van der Waals surface area (Å²) < 4.78 is 27.3. The molecule has 182 valence electrons. The van der Waals surface area contributed by atoms with E-state index in [0.717, 1.165) is 33.5 Å². The Bertz CT molecular complexity index is 1280. The van der Waals surface area contributed by atoms with Crippen LogP contribution in [0, 0.1) is 6.92 Å². The predicted molar refractivity (Wildman–Crippen MR) is 136 cm³/mol. The summed E-state index contributed by atoms with van der Waals surface area (Å²) in [5.41, 5.74) is 6.10. The molecule has 35 heavy (non-hydrogen) atoms. The minimum atomic E-state index is -3.50. The normalized spacial score (nSPS) is 17.0. The van der Waals surface area contributed by atoms with Gasteiger partial charge in [-0.15, -0.1) is 0 Å². The lowest BCUT2D eigenvalue weighted by molar-refractivity contribution is 0.0139. The Morgan fingerprint density at radius 2 is 1.40 bits per heavy atom. The molecular weight excluding hydrogens is 462 g/mol. The van der Waals surface area contributed by atoms with E-state index in [1.807, 2.05) is 55.5 Å². The Hall–Kier alpha value is -3.04. The van der Waals surface area contributed by atoms with E-state index in [9.17, 15) is 13.5 Å². The predicted octanol–water partition coefficient (Wildman–Crippen LogP) is 3.11. The second kappa shape index (κ2) is 9.91. The van der Waals surface area contributed by atoms with Crippen molar-refractivity contribution in [1.82, 2.24) is 9.21 Å². The zero-order valence-corrected chi connectivity index (χ0v) is 20.5. The van der Waals surface area contributed by atoms with Crippen molar-refractivity contribution < 1.29 is 18.4 Å². The highest BCUT2D eigenvalue weighted by molar-refractivity contribution is 7.89. The smallest absolute Gasteiger partial charge is 0.243 e. The molecule has 1 aliphatic carbocycles. The van der Waals surface area contributed by atoms with Crippen LogP contribution in [0.1, 0.15) is 16.7 Å². The molecule has 0 spiro atoms. The molecule has 1 aliphatic heterocycles. The summed E-state index contributed by atoms with van der Waals surface area (Å²) in [5.74, 6) is 0. The number of benzene rings is 3. The van der Waals surface area contributed by atoms with E-state index in [1.165, 1.54) is 4.31 Å². The van der Waals surface area contributed by atoms with Gasteiger partial charge in [0.15, 0.2) is 0 Å². The summed E-state index contributed by atoms with van der Waals surface area (Å²) in [7, 11) is -3.50. The number of hydrogen-bond donors (Lipinski definition) is 1. The highest BCUT2D eigenvalue weighted by atomic mass is 32.2. The Kier molecular flexibility index (Phi) is 6.71. The fraction of sp³-hybridized carbons (Fsp3) is 0.296. The van der Waals surface area contributed by atoms with Crippen molar-refractivity contribution in [3.05, 3.63) is 89.5 Å². The molecule has 1 N–H and O–H groups in total. The molecule has 0 radical (unpaired) electrons. The molecule has 0 aromatic heterocycles. The van der Waals surface area contributed by atoms with Crippen LogP contribution in [0.4, 0.5) is 0 Å². The highest BCUT2D eigenvalue weighted by Gasteiger charge is 2.29. The molecule has 5 rings (SSSR count). The second-order valence-electron chi connectivity index (χ2n) is 9.00. The average Bonchev–Trinajstić information content (AvgIpc) is 3.19. The number of hydrogen-bond acceptors (Lipinski definition) is 6. The molecule has 3 aromatic rings. The molecular formula is C27H29N3O4S. The van der Waals surface area contributed by atoms with Crippen molar-refractivity contribution >= 4 is 15.7 Å². The third kappa shape index (κ3) is 4.88. The number of rotatable bonds is 7. The van der Waals surface area contributed by atoms with Crippen molar-refractivity contribution in [1.29, 1.82) is 0 Å². The van der Waals surface area contributed by atoms with E-state index in [2.05, 4.69) is 22.2 Å². The van der Waals surface area contributed by atoms with Crippen molar-refractivity contribution in [3.63, 3.8) is 0 Å². The van der Waals surface area contributed by atoms with Gasteiger partial charge in [0.2, 0.25) is 10.0 Å². The molecule has 0 bridgehead atoms. The van der Waals surface area contributed by atoms with Crippen molar-refractivity contribution in [2.45, 2.75) is 17.9 Å². The van der Waals surface area contributed by atoms with Crippen molar-refractivity contribution in [3.8, 4) is 11.1 Å². The maximum absolute atomic E-state index is 12.9. The fourth-order valence-corrected chi connectivity index (χ4v) is 6.06. The molecule has 0 amide bonds. The average molecular weight is 492 g/mol. The molecule has 1 atom stereocenters. The fourth-order valence-electron chi connectivity index (χ4n) is 4.64. The number of oxime groups is 1. The maximum Gasteiger partial charge on any atom is 0.243 e. The third-order valence-corrected chi connectivity index (χ3v) is 8.45. The number of aliphatic hydroxyl groups excluding tert-OH is 1. The first-order valence-electron chi connectivity index (χ1n) is 11.8. The van der Waals surface area contributed by atoms with Crippen LogP contribution < -0.4 is 0 Å². The van der Waals surface area contributed by atoms with Gasteiger partial charge in [-0.2, -0.15) is 4.31 Å². The summed E-state index contributed by atoms with van der Waals surface area (Å²) in [6, 6.07) is 23.1. The first-order valence-corrected chi connectivity index (χ1v) is 13.2. The Balaban J connectivity index is 1.15. The number of aryl methyl sites for hydroxylation is 1. The van der Waals surface area contributed by atoms with Gasteiger partial charge in [0, 0.05) is 43.9 Å². The zero-order chi connectivity index (χ0) is 24.4. The topological polar surface area (TPSA) is 82.4 Å². The van der Waals surface area contributed by atoms with Gasteiger partial charge in [-0.25, -0.2) is 8.42 Å². The number of sulfonamides is 1. The van der Waals surface area contributed by atoms with E-state index in [4.69, 9.17) is 4.84 Å². The van der Waals surface area contributed by atoms with E-state index in [0.29, 0.717) is 37.6 Å². The minimum Gasteiger partial charge on any atom is -0.392 e. The van der Waals surface area contributed by atoms with Crippen LogP contribution in [0.2, 0.25) is 0 Å². The van der Waals surface area contributed by atoms with Crippen LogP contribution >= 0.6 is 0 Å². The number of fused-ring (bicyclic) bond motifs is 3. The van der Waals surface area contributed by atoms with E-state index in [1.54, 1.807) is 12.1 Å². The Labute approximate surface area is 206 Å². The van der Waals surface area contributed by atoms with Gasteiger partial charge in [0.1, 0.15) is 18.4 Å². The summed E-state index contributed by atoms with van der Waals surface area (Å²) in [6.07, 6.45) is -0.730. The molecule has 1 heterocycles. The van der Waals surface area contributed by atoms with Gasteiger partial charge in [0.05, 0.1) is 4.90 Å². The van der Waals surface area contributed by atoms with Crippen LogP contribution in [0.3, 0.4) is 0 Å². The minimum absolute atomic E-state index is 0.0652. The zero-order valence-electron chi connectivity index (χ0n) is 19.7. The summed E-state index contributed by atoms with van der Waals surface area (Å²) in [6.45, 7) is 4.28. The standard InChI is InChI=1S/C27H29N3O4S/c1-20-10-12-22(13-11-20)35(32,33)30-16-14-29(15-17-30)18-21(31)19-34-28-27-25-8-4-2-6-23(25)24-7-3-5-9-26(24)27/h2-13,21,31H,14-19H2,1H3. The first-order chi connectivity index (χ1) is 16.9. The van der Waals surface area contributed by atoms with Gasteiger partial charge in [-0.3, -0.25) is 4.90 Å². The van der Waals surface area contributed by atoms with Gasteiger partial charge < -0.3 is 9.94 Å². The Morgan fingerprint density at radius 1 is 0.857 bits per heavy atom. The highest BCUT2D eigenvalue weighted by Crippen LogP contribution is 2.36. The summed E-state index contributed by atoms with van der Waals surface area (Å²) in [4.78, 5) is 7.96. The number of piperazine rings is 1. The largest absolute Gasteiger partial charge is 0.392 e. The van der Waals surface area contributed by atoms with Crippen LogP contribution in [0.25, 0.3) is 11.1 Å². The summed E-state index contributed by atoms with van der Waals surface area (Å²) >= 11 is 0. The lowest BCUT2D eigenvalue weighted by Crippen LogP contribution is -2.50. The van der Waals surface area contributed by atoms with E-state index in [-0.39, 0.29) is 6.61 Å². The summed E-state index contributed by atoms with van der Waals surface area (Å²) in [5, 5.41) is 14.9. The van der Waals surface area contributed by atoms with Crippen molar-refractivity contribution in [2.75, 3.05) is 39.3 Å². The molecule has 0 saturated carbocycles. The quantitative estimate of drug-likeness (QED) is 0.402. The SMILES string of the molecule is Cc1ccc(S(=O)(=O)N2CCN(CC(O)CON=C3c4ccccc4-c4ccccc43)CC2)cc1. The maximum atomic E-state index is 12.9. The molecule has 3 aromatic carbocycles. The number of β-amino-alcohol motifs (C(OH)–C–C–N with tert-alkyl or cyclic N) is 1. The third-order valence-electron chi connectivity index (χ3n) is 6.54. The molecule has 7 nitrogen and oxygen atoms in total. The lowest BCUT2D eigenvalue weighted by Gasteiger charge is -2.34. The first kappa shape index (κ1) is 23.7. The van der Waals surface area contributed by atoms with E-state index >= 15 is 0 Å². The molecule has 1 fully saturated rings. The molecule has 1 saturated heterocycles. The van der Waals surface area contributed by atoms with Gasteiger partial charge >= 0.3 is 0 Å². The number of aliphatic hydroxyl groups is 1. The lowest BCUT2D eigenvalue weighted by atomic mass is 10.1. The van der Waals surface area contributed by atoms with Crippen LogP contribution in [0.5, 0.6) is 0 Å². The van der Waals surface area contributed by atoms with Crippen LogP contribution in [-0.4, -0.2) is 73.9 Å². The van der Waals surface area contributed by atoms with Crippen LogP contribution in [0.15, 0.2) is 82.8 Å². The van der Waals surface area contributed by atoms with E-state index < -0.39 is 16.1 Å². The van der Waals surface area contributed by atoms with Gasteiger partial charge in [0.25, 0.3) is 0 Å². The number of nitrogens with zero attached hydrogens (tertiary/aromatic N) is 3. The van der Waals surface area contributed by atoms with Crippen LogP contribution in [-0.2, 0) is 14.9 Å². The Morgan fingerprint density at radius 3 is 1.97 bits per heavy atom. The monoisotopic (exact) mass is 491 g/mol.